The fourth-order valence-corrected chi connectivity index (χ4v) is 1.72. The summed E-state index contributed by atoms with van der Waals surface area (Å²) in [5.41, 5.74) is 0.325. The van der Waals surface area contributed by atoms with Gasteiger partial charge in [-0.05, 0) is 29.7 Å². The number of benzene rings is 1. The Balaban J connectivity index is 2.40. The molecule has 0 heterocycles. The summed E-state index contributed by atoms with van der Waals surface area (Å²) in [6.07, 6.45) is 3.31. The van der Waals surface area contributed by atoms with E-state index < -0.39 is 5.97 Å². The molecule has 1 aromatic carbocycles. The number of nitrogens with one attached hydrogen (secondary N) is 2. The summed E-state index contributed by atoms with van der Waals surface area (Å²) in [6, 6.07) is 6.33. The van der Waals surface area contributed by atoms with Crippen LogP contribution in [0.2, 0.25) is 0 Å². The maximum absolute atomic E-state index is 12.0. The Morgan fingerprint density at radius 1 is 1.12 bits per heavy atom. The minimum atomic E-state index is -0.446. The van der Waals surface area contributed by atoms with E-state index in [0.29, 0.717) is 24.4 Å². The van der Waals surface area contributed by atoms with Crippen molar-refractivity contribution in [2.75, 3.05) is 13.1 Å². The number of allylic oxidation sites excluding steroid dienone is 1. The van der Waals surface area contributed by atoms with Crippen LogP contribution >= 0.6 is 0 Å². The molecule has 0 saturated heterocycles. The van der Waals surface area contributed by atoms with Crippen LogP contribution in [0.15, 0.2) is 36.4 Å². The van der Waals surface area contributed by atoms with E-state index in [0.717, 1.165) is 0 Å². The van der Waals surface area contributed by atoms with Crippen molar-refractivity contribution in [2.45, 2.75) is 27.7 Å². The molecule has 0 aliphatic carbocycles. The van der Waals surface area contributed by atoms with E-state index in [1.165, 1.54) is 19.1 Å². The molecule has 0 bridgehead atoms. The SMILES string of the molecule is CC(=O)Oc1cccc(C(=O)NCCNC(=O)/C=C/C(C)(C)C)c1. The van der Waals surface area contributed by atoms with E-state index in [1.54, 1.807) is 18.2 Å². The molecular weight excluding hydrogens is 308 g/mol. The van der Waals surface area contributed by atoms with Crippen molar-refractivity contribution < 1.29 is 19.1 Å². The molecule has 0 aromatic heterocycles. The highest BCUT2D eigenvalue weighted by molar-refractivity contribution is 5.94. The minimum absolute atomic E-state index is 0.0570. The highest BCUT2D eigenvalue weighted by atomic mass is 16.5. The number of rotatable bonds is 6. The van der Waals surface area contributed by atoms with Crippen LogP contribution in [0, 0.1) is 5.41 Å². The van der Waals surface area contributed by atoms with Crippen molar-refractivity contribution in [1.29, 1.82) is 0 Å². The summed E-state index contributed by atoms with van der Waals surface area (Å²) in [6.45, 7) is 7.92. The molecule has 0 unspecified atom stereocenters. The smallest absolute Gasteiger partial charge is 0.308 e. The summed E-state index contributed by atoms with van der Waals surface area (Å²) in [5.74, 6) is -0.631. The van der Waals surface area contributed by atoms with Gasteiger partial charge >= 0.3 is 5.97 Å². The van der Waals surface area contributed by atoms with E-state index >= 15 is 0 Å². The monoisotopic (exact) mass is 332 g/mol. The van der Waals surface area contributed by atoms with Crippen LogP contribution in [0.25, 0.3) is 0 Å². The lowest BCUT2D eigenvalue weighted by molar-refractivity contribution is -0.131. The van der Waals surface area contributed by atoms with E-state index in [-0.39, 0.29) is 17.2 Å². The fourth-order valence-electron chi connectivity index (χ4n) is 1.72. The molecule has 130 valence electrons. The first kappa shape index (κ1) is 19.4. The van der Waals surface area contributed by atoms with Crippen LogP contribution in [-0.4, -0.2) is 30.9 Å². The number of carbonyl (C=O) groups is 3. The molecule has 6 nitrogen and oxygen atoms in total. The number of carbonyl (C=O) groups excluding carboxylic acids is 3. The van der Waals surface area contributed by atoms with Crippen molar-refractivity contribution in [2.24, 2.45) is 5.41 Å². The summed E-state index contributed by atoms with van der Waals surface area (Å²) in [4.78, 5) is 34.5. The van der Waals surface area contributed by atoms with Crippen LogP contribution in [0.5, 0.6) is 5.75 Å². The number of amides is 2. The minimum Gasteiger partial charge on any atom is -0.427 e. The van der Waals surface area contributed by atoms with Gasteiger partial charge in [-0.3, -0.25) is 14.4 Å². The van der Waals surface area contributed by atoms with Crippen molar-refractivity contribution in [1.82, 2.24) is 10.6 Å². The van der Waals surface area contributed by atoms with Gasteiger partial charge in [0.15, 0.2) is 0 Å². The molecule has 1 rings (SSSR count). The highest BCUT2D eigenvalue weighted by Gasteiger charge is 2.08. The van der Waals surface area contributed by atoms with Crippen molar-refractivity contribution in [3.63, 3.8) is 0 Å². The van der Waals surface area contributed by atoms with Gasteiger partial charge in [0.1, 0.15) is 5.75 Å². The van der Waals surface area contributed by atoms with Gasteiger partial charge in [0.05, 0.1) is 0 Å². The van der Waals surface area contributed by atoms with E-state index in [2.05, 4.69) is 10.6 Å². The summed E-state index contributed by atoms with van der Waals surface area (Å²) in [5, 5.41) is 5.38. The van der Waals surface area contributed by atoms with E-state index in [9.17, 15) is 14.4 Å². The third-order valence-corrected chi connectivity index (χ3v) is 2.80. The van der Waals surface area contributed by atoms with Crippen LogP contribution in [0.4, 0.5) is 0 Å². The summed E-state index contributed by atoms with van der Waals surface area (Å²) >= 11 is 0. The Morgan fingerprint density at radius 3 is 2.42 bits per heavy atom. The van der Waals surface area contributed by atoms with Gasteiger partial charge in [-0.1, -0.05) is 32.9 Å². The Hall–Kier alpha value is -2.63. The third kappa shape index (κ3) is 8.12. The molecule has 0 radical (unpaired) electrons. The second-order valence-corrected chi connectivity index (χ2v) is 6.37. The predicted molar refractivity (Wildman–Crippen MR) is 91.7 cm³/mol. The van der Waals surface area contributed by atoms with Gasteiger partial charge in [-0.2, -0.15) is 0 Å². The zero-order valence-electron chi connectivity index (χ0n) is 14.5. The number of ether oxygens (including phenoxy) is 1. The zero-order valence-corrected chi connectivity index (χ0v) is 14.5. The average Bonchev–Trinajstić information content (AvgIpc) is 2.48. The molecule has 1 aromatic rings. The third-order valence-electron chi connectivity index (χ3n) is 2.80. The van der Waals surface area contributed by atoms with Crippen molar-refractivity contribution in [3.8, 4) is 5.75 Å². The Bertz CT molecular complexity index is 630. The molecule has 0 spiro atoms. The molecule has 2 N–H and O–H groups in total. The van der Waals surface area contributed by atoms with Crippen LogP contribution < -0.4 is 15.4 Å². The van der Waals surface area contributed by atoms with Crippen LogP contribution in [-0.2, 0) is 9.59 Å². The van der Waals surface area contributed by atoms with Gasteiger partial charge in [0.25, 0.3) is 5.91 Å². The van der Waals surface area contributed by atoms with Crippen LogP contribution in [0.1, 0.15) is 38.1 Å². The Labute approximate surface area is 142 Å². The summed E-state index contributed by atoms with van der Waals surface area (Å²) in [7, 11) is 0. The molecular formula is C18H24N2O4. The molecule has 0 atom stereocenters. The summed E-state index contributed by atoms with van der Waals surface area (Å²) < 4.78 is 4.93. The van der Waals surface area contributed by atoms with Gasteiger partial charge in [0, 0.05) is 25.6 Å². The lowest BCUT2D eigenvalue weighted by Gasteiger charge is -2.11. The number of hydrogen-bond donors (Lipinski definition) is 2. The predicted octanol–water partition coefficient (Wildman–Crippen LogP) is 2.06. The van der Waals surface area contributed by atoms with E-state index in [1.807, 2.05) is 26.8 Å². The number of hydrogen-bond acceptors (Lipinski definition) is 4. The molecule has 0 fully saturated rings. The first-order chi connectivity index (χ1) is 11.2. The lowest BCUT2D eigenvalue weighted by atomic mass is 9.96. The first-order valence-corrected chi connectivity index (χ1v) is 7.71. The van der Waals surface area contributed by atoms with Gasteiger partial charge in [0.2, 0.25) is 5.91 Å². The Kier molecular flexibility index (Phi) is 7.17. The van der Waals surface area contributed by atoms with Crippen molar-refractivity contribution in [3.05, 3.63) is 42.0 Å². The van der Waals surface area contributed by atoms with Gasteiger partial charge in [-0.25, -0.2) is 0 Å². The normalized spacial score (nSPS) is 11.2. The quantitative estimate of drug-likeness (QED) is 0.361. The molecule has 0 aliphatic heterocycles. The molecule has 24 heavy (non-hydrogen) atoms. The zero-order chi connectivity index (χ0) is 18.2. The average molecular weight is 332 g/mol. The molecule has 6 heteroatoms. The van der Waals surface area contributed by atoms with Crippen molar-refractivity contribution >= 4 is 17.8 Å². The second-order valence-electron chi connectivity index (χ2n) is 6.37. The largest absolute Gasteiger partial charge is 0.427 e. The first-order valence-electron chi connectivity index (χ1n) is 7.71. The van der Waals surface area contributed by atoms with E-state index in [4.69, 9.17) is 4.74 Å². The maximum Gasteiger partial charge on any atom is 0.308 e. The molecule has 0 saturated carbocycles. The molecule has 2 amide bonds. The second kappa shape index (κ2) is 8.86. The fraction of sp³-hybridized carbons (Fsp3) is 0.389. The lowest BCUT2D eigenvalue weighted by Crippen LogP contribution is -2.34. The molecule has 0 aliphatic rings. The van der Waals surface area contributed by atoms with Gasteiger partial charge < -0.3 is 15.4 Å². The standard InChI is InChI=1S/C18H24N2O4/c1-13(21)24-15-7-5-6-14(12-15)17(23)20-11-10-19-16(22)8-9-18(2,3)4/h5-9,12H,10-11H2,1-4H3,(H,19,22)(H,20,23)/b9-8+. The topological polar surface area (TPSA) is 84.5 Å². The highest BCUT2D eigenvalue weighted by Crippen LogP contribution is 2.14. The number of esters is 1. The Morgan fingerprint density at radius 2 is 1.79 bits per heavy atom. The van der Waals surface area contributed by atoms with Gasteiger partial charge in [-0.15, -0.1) is 0 Å². The maximum atomic E-state index is 12.0. The van der Waals surface area contributed by atoms with Crippen LogP contribution in [0.3, 0.4) is 0 Å².